The molecular weight excluding hydrogens is 200 g/mol. The fourth-order valence-electron chi connectivity index (χ4n) is 1.62. The number of nitrogens with one attached hydrogen (secondary N) is 1. The van der Waals surface area contributed by atoms with Crippen LogP contribution < -0.4 is 10.1 Å². The minimum atomic E-state index is -0.260. The van der Waals surface area contributed by atoms with Crippen molar-refractivity contribution < 1.29 is 4.74 Å². The van der Waals surface area contributed by atoms with Crippen LogP contribution >= 0.6 is 0 Å². The minimum Gasteiger partial charge on any atom is -0.496 e. The predicted molar refractivity (Wildman–Crippen MR) is 64.4 cm³/mol. The zero-order valence-corrected chi connectivity index (χ0v) is 10.2. The highest BCUT2D eigenvalue weighted by atomic mass is 16.5. The Hall–Kier alpha value is -1.53. The van der Waals surface area contributed by atoms with Crippen LogP contribution in [0, 0.1) is 18.3 Å². The van der Waals surface area contributed by atoms with Gasteiger partial charge in [0, 0.05) is 6.04 Å². The van der Waals surface area contributed by atoms with Gasteiger partial charge < -0.3 is 4.74 Å². The maximum absolute atomic E-state index is 9.10. The fraction of sp³-hybridized carbons (Fsp3) is 0.462. The quantitative estimate of drug-likeness (QED) is 0.844. The molecule has 1 atom stereocenters. The van der Waals surface area contributed by atoms with E-state index >= 15 is 0 Å². The van der Waals surface area contributed by atoms with Gasteiger partial charge in [0.05, 0.1) is 13.2 Å². The maximum atomic E-state index is 9.10. The van der Waals surface area contributed by atoms with Gasteiger partial charge in [0.15, 0.2) is 0 Å². The summed E-state index contributed by atoms with van der Waals surface area (Å²) in [6.45, 7) is 6.04. The van der Waals surface area contributed by atoms with Gasteiger partial charge in [-0.05, 0) is 44.0 Å². The maximum Gasteiger partial charge on any atom is 0.121 e. The number of methoxy groups -OCH3 is 1. The summed E-state index contributed by atoms with van der Waals surface area (Å²) in [6.07, 6.45) is 0. The van der Waals surface area contributed by atoms with Crippen molar-refractivity contribution in [2.24, 2.45) is 0 Å². The van der Waals surface area contributed by atoms with E-state index in [1.165, 1.54) is 0 Å². The summed E-state index contributed by atoms with van der Waals surface area (Å²) in [5.41, 5.74) is 2.03. The van der Waals surface area contributed by atoms with E-state index in [2.05, 4.69) is 11.4 Å². The van der Waals surface area contributed by atoms with Crippen LogP contribution in [0.15, 0.2) is 18.2 Å². The molecule has 0 saturated carbocycles. The summed E-state index contributed by atoms with van der Waals surface area (Å²) in [7, 11) is 1.65. The largest absolute Gasteiger partial charge is 0.496 e. The summed E-state index contributed by atoms with van der Waals surface area (Å²) in [6, 6.07) is 8.10. The van der Waals surface area contributed by atoms with Crippen molar-refractivity contribution in [3.05, 3.63) is 29.3 Å². The number of nitrogens with zero attached hydrogens (tertiary/aromatic N) is 1. The van der Waals surface area contributed by atoms with Gasteiger partial charge in [-0.3, -0.25) is 5.32 Å². The molecule has 1 rings (SSSR count). The molecule has 86 valence electrons. The molecule has 0 saturated heterocycles. The normalized spacial score (nSPS) is 12.2. The standard InChI is InChI=1S/C13H18N2O/c1-9(2)15-12(8-14)11-5-6-13(16-4)10(3)7-11/h5-7,9,12,15H,1-4H3. The van der Waals surface area contributed by atoms with Gasteiger partial charge in [-0.25, -0.2) is 0 Å². The molecule has 3 heteroatoms. The Bertz CT molecular complexity index is 393. The second-order valence-corrected chi connectivity index (χ2v) is 4.11. The van der Waals surface area contributed by atoms with Gasteiger partial charge in [0.2, 0.25) is 0 Å². The lowest BCUT2D eigenvalue weighted by Crippen LogP contribution is -2.27. The number of ether oxygens (including phenoxy) is 1. The SMILES string of the molecule is COc1ccc(C(C#N)NC(C)C)cc1C. The Kier molecular flexibility index (Phi) is 4.33. The van der Waals surface area contributed by atoms with Crippen molar-refractivity contribution in [1.82, 2.24) is 5.32 Å². The molecule has 0 aliphatic heterocycles. The van der Waals surface area contributed by atoms with E-state index in [0.717, 1.165) is 16.9 Å². The van der Waals surface area contributed by atoms with E-state index < -0.39 is 0 Å². The van der Waals surface area contributed by atoms with E-state index in [4.69, 9.17) is 10.00 Å². The smallest absolute Gasteiger partial charge is 0.121 e. The highest BCUT2D eigenvalue weighted by molar-refractivity contribution is 5.38. The first-order valence-electron chi connectivity index (χ1n) is 5.38. The molecule has 3 nitrogen and oxygen atoms in total. The van der Waals surface area contributed by atoms with Crippen molar-refractivity contribution >= 4 is 0 Å². The van der Waals surface area contributed by atoms with Crippen molar-refractivity contribution in [2.45, 2.75) is 32.9 Å². The van der Waals surface area contributed by atoms with Crippen molar-refractivity contribution in [3.63, 3.8) is 0 Å². The third kappa shape index (κ3) is 2.98. The van der Waals surface area contributed by atoms with E-state index in [9.17, 15) is 0 Å². The van der Waals surface area contributed by atoms with Gasteiger partial charge in [0.1, 0.15) is 11.8 Å². The Morgan fingerprint density at radius 1 is 1.38 bits per heavy atom. The van der Waals surface area contributed by atoms with Gasteiger partial charge in [-0.1, -0.05) is 6.07 Å². The summed E-state index contributed by atoms with van der Waals surface area (Å²) in [4.78, 5) is 0. The second kappa shape index (κ2) is 5.53. The zero-order chi connectivity index (χ0) is 12.1. The van der Waals surface area contributed by atoms with Crippen LogP contribution in [-0.4, -0.2) is 13.2 Å². The molecule has 1 aromatic carbocycles. The third-order valence-corrected chi connectivity index (χ3v) is 2.38. The van der Waals surface area contributed by atoms with Crippen molar-refractivity contribution in [1.29, 1.82) is 5.26 Å². The summed E-state index contributed by atoms with van der Waals surface area (Å²) < 4.78 is 5.19. The van der Waals surface area contributed by atoms with E-state index in [-0.39, 0.29) is 12.1 Å². The molecule has 16 heavy (non-hydrogen) atoms. The molecule has 0 aliphatic carbocycles. The van der Waals surface area contributed by atoms with E-state index in [1.807, 2.05) is 39.0 Å². The van der Waals surface area contributed by atoms with Crippen LogP contribution in [0.5, 0.6) is 5.75 Å². The first-order chi connectivity index (χ1) is 7.58. The summed E-state index contributed by atoms with van der Waals surface area (Å²) in [5.74, 6) is 0.852. The second-order valence-electron chi connectivity index (χ2n) is 4.11. The van der Waals surface area contributed by atoms with E-state index in [1.54, 1.807) is 7.11 Å². The lowest BCUT2D eigenvalue weighted by atomic mass is 10.0. The number of rotatable bonds is 4. The van der Waals surface area contributed by atoms with Gasteiger partial charge in [-0.15, -0.1) is 0 Å². The van der Waals surface area contributed by atoms with Gasteiger partial charge >= 0.3 is 0 Å². The molecule has 1 unspecified atom stereocenters. The lowest BCUT2D eigenvalue weighted by Gasteiger charge is -2.16. The Balaban J connectivity index is 2.95. The number of aryl methyl sites for hydroxylation is 1. The van der Waals surface area contributed by atoms with E-state index in [0.29, 0.717) is 0 Å². The predicted octanol–water partition coefficient (Wildman–Crippen LogP) is 2.57. The molecule has 1 N–H and O–H groups in total. The molecule has 0 aliphatic rings. The average molecular weight is 218 g/mol. The molecule has 1 aromatic rings. The minimum absolute atomic E-state index is 0.260. The third-order valence-electron chi connectivity index (χ3n) is 2.38. The number of hydrogen-bond acceptors (Lipinski definition) is 3. The average Bonchev–Trinajstić information content (AvgIpc) is 2.25. The highest BCUT2D eigenvalue weighted by Crippen LogP contribution is 2.22. The molecule has 0 bridgehead atoms. The Morgan fingerprint density at radius 2 is 2.06 bits per heavy atom. The number of nitriles is 1. The Labute approximate surface area is 97.0 Å². The fourth-order valence-corrected chi connectivity index (χ4v) is 1.62. The van der Waals surface area contributed by atoms with Crippen LogP contribution in [0.4, 0.5) is 0 Å². The van der Waals surface area contributed by atoms with Crippen molar-refractivity contribution in [2.75, 3.05) is 7.11 Å². The highest BCUT2D eigenvalue weighted by Gasteiger charge is 2.12. The van der Waals surface area contributed by atoms with Crippen LogP contribution in [0.1, 0.15) is 31.0 Å². The molecule has 0 fully saturated rings. The van der Waals surface area contributed by atoms with Crippen LogP contribution in [0.2, 0.25) is 0 Å². The molecule has 0 amide bonds. The van der Waals surface area contributed by atoms with Crippen LogP contribution in [0.3, 0.4) is 0 Å². The van der Waals surface area contributed by atoms with Crippen LogP contribution in [0.25, 0.3) is 0 Å². The summed E-state index contributed by atoms with van der Waals surface area (Å²) in [5, 5.41) is 12.3. The first kappa shape index (κ1) is 12.5. The monoisotopic (exact) mass is 218 g/mol. The molecule has 0 radical (unpaired) electrons. The molecule has 0 spiro atoms. The van der Waals surface area contributed by atoms with Gasteiger partial charge in [-0.2, -0.15) is 5.26 Å². The molecular formula is C13H18N2O. The molecule has 0 heterocycles. The summed E-state index contributed by atoms with van der Waals surface area (Å²) >= 11 is 0. The number of hydrogen-bond donors (Lipinski definition) is 1. The molecule has 0 aromatic heterocycles. The van der Waals surface area contributed by atoms with Gasteiger partial charge in [0.25, 0.3) is 0 Å². The first-order valence-corrected chi connectivity index (χ1v) is 5.38. The number of benzene rings is 1. The Morgan fingerprint density at radius 3 is 2.50 bits per heavy atom. The van der Waals surface area contributed by atoms with Crippen LogP contribution in [-0.2, 0) is 0 Å². The lowest BCUT2D eigenvalue weighted by molar-refractivity contribution is 0.411. The zero-order valence-electron chi connectivity index (χ0n) is 10.2. The topological polar surface area (TPSA) is 45.0 Å². The van der Waals surface area contributed by atoms with Crippen molar-refractivity contribution in [3.8, 4) is 11.8 Å².